The molecule has 1 N–H and O–H groups in total. The van der Waals surface area contributed by atoms with Gasteiger partial charge in [-0.1, -0.05) is 36.9 Å². The predicted octanol–water partition coefficient (Wildman–Crippen LogP) is 5.97. The molecule has 0 saturated carbocycles. The summed E-state index contributed by atoms with van der Waals surface area (Å²) in [4.78, 5) is 14.4. The van der Waals surface area contributed by atoms with Gasteiger partial charge in [0.25, 0.3) is 0 Å². The molecule has 2 aromatic carbocycles. The molecule has 4 rings (SSSR count). The molecule has 1 aromatic heterocycles. The maximum Gasteiger partial charge on any atom is 0.410 e. The number of phenols is 1. The van der Waals surface area contributed by atoms with Crippen molar-refractivity contribution in [1.82, 2.24) is 15.1 Å². The van der Waals surface area contributed by atoms with E-state index in [0.29, 0.717) is 24.3 Å². The summed E-state index contributed by atoms with van der Waals surface area (Å²) in [6, 6.07) is 13.5. The minimum atomic E-state index is -0.528. The minimum Gasteiger partial charge on any atom is -0.507 e. The van der Waals surface area contributed by atoms with Crippen molar-refractivity contribution >= 4 is 22.4 Å². The van der Waals surface area contributed by atoms with Crippen LogP contribution in [0.5, 0.6) is 5.75 Å². The van der Waals surface area contributed by atoms with Crippen molar-refractivity contribution in [2.24, 2.45) is 5.92 Å². The van der Waals surface area contributed by atoms with Gasteiger partial charge < -0.3 is 14.7 Å². The first-order valence-corrected chi connectivity index (χ1v) is 11.4. The smallest absolute Gasteiger partial charge is 0.410 e. The quantitative estimate of drug-likeness (QED) is 0.537. The first-order valence-electron chi connectivity index (χ1n) is 11.4. The SMILES string of the molecule is C=C(c1nnc(-c2ccc(C)cc2O)c2ccccc12)C1CCCN(C(=O)OC(C)(C)C)C1. The number of amides is 1. The van der Waals surface area contributed by atoms with E-state index in [2.05, 4.69) is 16.8 Å². The minimum absolute atomic E-state index is 0.0719. The summed E-state index contributed by atoms with van der Waals surface area (Å²) in [5.74, 6) is 0.254. The Balaban J connectivity index is 1.66. The molecule has 6 heteroatoms. The van der Waals surface area contributed by atoms with E-state index in [1.165, 1.54) is 0 Å². The second-order valence-corrected chi connectivity index (χ2v) is 9.75. The Morgan fingerprint density at radius 1 is 1.15 bits per heavy atom. The number of carbonyl (C=O) groups is 1. The molecule has 1 fully saturated rings. The van der Waals surface area contributed by atoms with Gasteiger partial charge in [0.15, 0.2) is 0 Å². The van der Waals surface area contributed by atoms with E-state index in [0.717, 1.165) is 40.4 Å². The molecule has 3 aromatic rings. The fourth-order valence-electron chi connectivity index (χ4n) is 4.33. The van der Waals surface area contributed by atoms with Crippen LogP contribution >= 0.6 is 0 Å². The van der Waals surface area contributed by atoms with Crippen LogP contribution in [0.3, 0.4) is 0 Å². The lowest BCUT2D eigenvalue weighted by Gasteiger charge is -2.35. The number of carbonyl (C=O) groups excluding carboxylic acids is 1. The van der Waals surface area contributed by atoms with Crippen LogP contribution in [0.4, 0.5) is 4.79 Å². The summed E-state index contributed by atoms with van der Waals surface area (Å²) in [6.45, 7) is 13.2. The highest BCUT2D eigenvalue weighted by Gasteiger charge is 2.30. The highest BCUT2D eigenvalue weighted by molar-refractivity contribution is 6.00. The van der Waals surface area contributed by atoms with Gasteiger partial charge in [-0.05, 0) is 63.8 Å². The Hall–Kier alpha value is -3.41. The average molecular weight is 446 g/mol. The summed E-state index contributed by atoms with van der Waals surface area (Å²) >= 11 is 0. The molecule has 172 valence electrons. The van der Waals surface area contributed by atoms with Crippen molar-refractivity contribution in [3.63, 3.8) is 0 Å². The Bertz CT molecular complexity index is 1210. The number of hydrogen-bond donors (Lipinski definition) is 1. The maximum absolute atomic E-state index is 12.6. The van der Waals surface area contributed by atoms with Crippen LogP contribution in [-0.4, -0.2) is 45.0 Å². The van der Waals surface area contributed by atoms with Crippen LogP contribution in [0.1, 0.15) is 44.9 Å². The lowest BCUT2D eigenvalue weighted by Crippen LogP contribution is -2.43. The van der Waals surface area contributed by atoms with Crippen molar-refractivity contribution in [2.75, 3.05) is 13.1 Å². The fraction of sp³-hybridized carbons (Fsp3) is 0.370. The zero-order valence-electron chi connectivity index (χ0n) is 19.8. The summed E-state index contributed by atoms with van der Waals surface area (Å²) in [5, 5.41) is 21.4. The van der Waals surface area contributed by atoms with Gasteiger partial charge in [-0.2, -0.15) is 0 Å². The normalized spacial score (nSPS) is 16.6. The van der Waals surface area contributed by atoms with Gasteiger partial charge in [0.05, 0.1) is 5.69 Å². The Morgan fingerprint density at radius 2 is 1.88 bits per heavy atom. The van der Waals surface area contributed by atoms with Crippen molar-refractivity contribution in [3.05, 3.63) is 60.3 Å². The molecule has 0 bridgehead atoms. The van der Waals surface area contributed by atoms with Crippen LogP contribution in [0, 0.1) is 12.8 Å². The van der Waals surface area contributed by atoms with E-state index in [4.69, 9.17) is 4.74 Å². The molecular formula is C27H31N3O3. The summed E-state index contributed by atoms with van der Waals surface area (Å²) in [6.07, 6.45) is 1.51. The number of likely N-dealkylation sites (tertiary alicyclic amines) is 1. The van der Waals surface area contributed by atoms with Gasteiger partial charge in [0, 0.05) is 35.3 Å². The van der Waals surface area contributed by atoms with Gasteiger partial charge in [-0.3, -0.25) is 0 Å². The second kappa shape index (κ2) is 8.85. The molecule has 1 saturated heterocycles. The number of aromatic nitrogens is 2. The van der Waals surface area contributed by atoms with Crippen LogP contribution in [0.15, 0.2) is 49.0 Å². The number of rotatable bonds is 3. The first-order chi connectivity index (χ1) is 15.6. The van der Waals surface area contributed by atoms with Gasteiger partial charge >= 0.3 is 6.09 Å². The third-order valence-electron chi connectivity index (χ3n) is 5.97. The number of hydrogen-bond acceptors (Lipinski definition) is 5. The topological polar surface area (TPSA) is 75.6 Å². The molecule has 1 atom stereocenters. The van der Waals surface area contributed by atoms with Crippen LogP contribution < -0.4 is 0 Å². The highest BCUT2D eigenvalue weighted by atomic mass is 16.6. The van der Waals surface area contributed by atoms with E-state index in [9.17, 15) is 9.90 Å². The molecule has 1 unspecified atom stereocenters. The molecule has 6 nitrogen and oxygen atoms in total. The highest BCUT2D eigenvalue weighted by Crippen LogP contribution is 2.37. The molecule has 0 aliphatic carbocycles. The van der Waals surface area contributed by atoms with Gasteiger partial charge in [0.1, 0.15) is 17.0 Å². The third kappa shape index (κ3) is 4.85. The summed E-state index contributed by atoms with van der Waals surface area (Å²) in [5.41, 5.74) is 3.34. The molecule has 1 amide bonds. The average Bonchev–Trinajstić information content (AvgIpc) is 2.77. The van der Waals surface area contributed by atoms with Crippen molar-refractivity contribution in [2.45, 2.75) is 46.1 Å². The lowest BCUT2D eigenvalue weighted by molar-refractivity contribution is 0.0190. The number of fused-ring (bicyclic) bond motifs is 1. The van der Waals surface area contributed by atoms with Crippen LogP contribution in [0.2, 0.25) is 0 Å². The third-order valence-corrected chi connectivity index (χ3v) is 5.97. The predicted molar refractivity (Wildman–Crippen MR) is 131 cm³/mol. The molecule has 1 aliphatic heterocycles. The number of aromatic hydroxyl groups is 1. The number of nitrogens with zero attached hydrogens (tertiary/aromatic N) is 3. The Kier molecular flexibility index (Phi) is 6.11. The lowest BCUT2D eigenvalue weighted by atomic mass is 9.87. The zero-order valence-corrected chi connectivity index (χ0v) is 19.8. The Morgan fingerprint density at radius 3 is 2.58 bits per heavy atom. The number of piperidine rings is 1. The van der Waals surface area contributed by atoms with E-state index in [1.807, 2.05) is 64.1 Å². The van der Waals surface area contributed by atoms with E-state index in [1.54, 1.807) is 11.0 Å². The molecule has 33 heavy (non-hydrogen) atoms. The first kappa shape index (κ1) is 22.8. The van der Waals surface area contributed by atoms with E-state index < -0.39 is 5.60 Å². The standard InChI is InChI=1S/C27H31N3O3/c1-17-12-13-22(23(31)15-17)25-21-11-7-6-10-20(21)24(28-29-25)18(2)19-9-8-14-30(16-19)26(32)33-27(3,4)5/h6-7,10-13,15,19,31H,2,8-9,14,16H2,1,3-5H3. The molecular weight excluding hydrogens is 414 g/mol. The fourth-order valence-corrected chi connectivity index (χ4v) is 4.33. The van der Waals surface area contributed by atoms with Crippen LogP contribution in [-0.2, 0) is 4.74 Å². The monoisotopic (exact) mass is 445 g/mol. The van der Waals surface area contributed by atoms with Gasteiger partial charge in [-0.25, -0.2) is 4.79 Å². The summed E-state index contributed by atoms with van der Waals surface area (Å²) < 4.78 is 5.57. The Labute approximate surface area is 194 Å². The molecule has 0 spiro atoms. The maximum atomic E-state index is 12.6. The number of benzene rings is 2. The van der Waals surface area contributed by atoms with Crippen molar-refractivity contribution in [3.8, 4) is 17.0 Å². The van der Waals surface area contributed by atoms with Crippen LogP contribution in [0.25, 0.3) is 27.6 Å². The molecule has 2 heterocycles. The van der Waals surface area contributed by atoms with Gasteiger partial charge in [-0.15, -0.1) is 10.2 Å². The molecule has 1 aliphatic rings. The summed E-state index contributed by atoms with van der Waals surface area (Å²) in [7, 11) is 0. The molecule has 0 radical (unpaired) electrons. The van der Waals surface area contributed by atoms with Gasteiger partial charge in [0.2, 0.25) is 0 Å². The number of ether oxygens (including phenoxy) is 1. The largest absolute Gasteiger partial charge is 0.507 e. The van der Waals surface area contributed by atoms with E-state index in [-0.39, 0.29) is 17.8 Å². The number of aryl methyl sites for hydroxylation is 1. The van der Waals surface area contributed by atoms with Crippen molar-refractivity contribution < 1.29 is 14.6 Å². The van der Waals surface area contributed by atoms with E-state index >= 15 is 0 Å². The number of phenolic OH excluding ortho intramolecular Hbond substituents is 1. The van der Waals surface area contributed by atoms with Crippen molar-refractivity contribution in [1.29, 1.82) is 0 Å². The zero-order chi connectivity index (χ0) is 23.8. The second-order valence-electron chi connectivity index (χ2n) is 9.75.